The molecule has 115 heavy (non-hydrogen) atoms. The van der Waals surface area contributed by atoms with E-state index in [-0.39, 0.29) is 10.2 Å². The second-order valence-electron chi connectivity index (χ2n) is 30.3. The molecule has 5 aromatic carbocycles. The molecular weight excluding hydrogens is 1660 g/mol. The summed E-state index contributed by atoms with van der Waals surface area (Å²) in [5.74, 6) is 3.03. The summed E-state index contributed by atoms with van der Waals surface area (Å²) < 4.78 is 68.6. The van der Waals surface area contributed by atoms with Crippen LogP contribution in [0.4, 0.5) is 51.7 Å². The molecule has 0 unspecified atom stereocenters. The van der Waals surface area contributed by atoms with E-state index in [0.29, 0.717) is 44.9 Å². The van der Waals surface area contributed by atoms with E-state index in [2.05, 4.69) is 161 Å². The molecule has 620 valence electrons. The number of rotatable bonds is 21. The quantitative estimate of drug-likeness (QED) is 0.0169. The van der Waals surface area contributed by atoms with Gasteiger partial charge in [0.1, 0.15) is 37.4 Å². The van der Waals surface area contributed by atoms with E-state index in [1.54, 1.807) is 65.4 Å². The van der Waals surface area contributed by atoms with Gasteiger partial charge in [-0.1, -0.05) is 69.2 Å². The van der Waals surface area contributed by atoms with E-state index in [1.807, 2.05) is 93.8 Å². The normalized spacial score (nSPS) is 15.5. The molecule has 4 aliphatic heterocycles. The lowest BCUT2D eigenvalue weighted by molar-refractivity contribution is 0.0982. The first-order valence-electron chi connectivity index (χ1n) is 39.2. The summed E-state index contributed by atoms with van der Waals surface area (Å²) in [5, 5.41) is 19.7. The number of aliphatic hydroxyl groups is 1. The largest absolute Gasteiger partial charge is 0.495 e. The maximum absolute atomic E-state index is 13.5. The standard InChI is InChI=1S/C37H48BrN8O2P.C19H32N4O.C18H17BrClN4OP.C7H8O3S.C4H10O/c1-7-26-20-32(34(48-4)22-33(26)46-14-12-28(13-15-46)45-18-16-44(3)17-19-45)42-37-40-24-29(38)36(43-37)41-31-11-9-27(21-35(31)49(5,6)47)30-10-8-25(2)23-39-30;1-4-15-13-17(20)19(24-3)14-18(15)23-7-5-16(6-8-23)22-11-9-21(2)10-12-22;1-11-4-6-14(21-9-11)12-5-7-15(16(8-12)26(2,3)25)23-17-13(19)10-22-18(20)24-17;1-6-2-4-7(5-3-6)11(8,9)10;1-2-3-4-5/h8-11,20-24,28H,7,12-19H2,1-6H3,(H2,40,41,42,43);13-14,16H,4-12,20H2,1-3H3;4-10H,1-3H3,(H,22,23,24);2-5H,1H3,(H,8,9,10);5H,2-4H2,1H3. The van der Waals surface area contributed by atoms with Crippen molar-refractivity contribution in [2.24, 2.45) is 0 Å². The zero-order valence-electron chi connectivity index (χ0n) is 68.9. The Hall–Kier alpha value is -7.62. The lowest BCUT2D eigenvalue weighted by atomic mass is 9.99. The average Bonchev–Trinajstić information content (AvgIpc) is 0.800. The molecule has 4 fully saturated rings. The van der Waals surface area contributed by atoms with Crippen LogP contribution in [0.25, 0.3) is 22.5 Å². The molecule has 0 amide bonds. The zero-order chi connectivity index (χ0) is 83.3. The van der Waals surface area contributed by atoms with Crippen molar-refractivity contribution in [3.05, 3.63) is 176 Å². The van der Waals surface area contributed by atoms with Crippen LogP contribution in [0, 0.1) is 20.8 Å². The number of halogens is 3. The lowest BCUT2D eigenvalue weighted by Crippen LogP contribution is -2.52. The van der Waals surface area contributed by atoms with Crippen LogP contribution in [0.1, 0.15) is 87.1 Å². The Kier molecular flexibility index (Phi) is 33.9. The van der Waals surface area contributed by atoms with Crippen LogP contribution in [0.2, 0.25) is 5.28 Å². The molecule has 4 aliphatic rings. The summed E-state index contributed by atoms with van der Waals surface area (Å²) >= 11 is 12.9. The van der Waals surface area contributed by atoms with Gasteiger partial charge in [-0.15, -0.1) is 0 Å². The van der Waals surface area contributed by atoms with Gasteiger partial charge in [-0.3, -0.25) is 24.3 Å². The number of ether oxygens (including phenoxy) is 2. The number of nitrogens with one attached hydrogen (secondary N) is 3. The number of hydrogen-bond acceptors (Lipinski definition) is 23. The third-order valence-electron chi connectivity index (χ3n) is 20.9. The summed E-state index contributed by atoms with van der Waals surface area (Å²) in [4.78, 5) is 41.7. The van der Waals surface area contributed by atoms with Crippen molar-refractivity contribution in [2.75, 3.05) is 172 Å². The van der Waals surface area contributed by atoms with Gasteiger partial charge in [0.25, 0.3) is 10.1 Å². The number of likely N-dealkylation sites (N-methyl/N-ethyl adjacent to an activating group) is 2. The first-order valence-corrected chi connectivity index (χ1v) is 47.8. The molecule has 4 aromatic heterocycles. The van der Waals surface area contributed by atoms with Crippen molar-refractivity contribution in [3.8, 4) is 34.0 Å². The van der Waals surface area contributed by atoms with E-state index in [0.717, 1.165) is 149 Å². The molecule has 8 heterocycles. The molecule has 30 heteroatoms. The molecule has 0 bridgehead atoms. The van der Waals surface area contributed by atoms with Crippen molar-refractivity contribution in [1.29, 1.82) is 0 Å². The molecule has 24 nitrogen and oxygen atoms in total. The predicted octanol–water partition coefficient (Wildman–Crippen LogP) is 16.5. The van der Waals surface area contributed by atoms with Gasteiger partial charge in [0, 0.05) is 167 Å². The number of nitrogens with two attached hydrogens (primary N) is 1. The van der Waals surface area contributed by atoms with Crippen LogP contribution >= 0.6 is 57.7 Å². The summed E-state index contributed by atoms with van der Waals surface area (Å²) in [6.07, 6.45) is 15.7. The fourth-order valence-corrected chi connectivity index (χ4v) is 17.6. The van der Waals surface area contributed by atoms with Crippen LogP contribution in [-0.2, 0) is 32.1 Å². The van der Waals surface area contributed by atoms with Gasteiger partial charge in [0.15, 0.2) is 0 Å². The molecule has 7 N–H and O–H groups in total. The van der Waals surface area contributed by atoms with E-state index >= 15 is 0 Å². The summed E-state index contributed by atoms with van der Waals surface area (Å²) in [7, 11) is -1.41. The fraction of sp³-hybridized carbons (Fsp3) is 0.435. The minimum Gasteiger partial charge on any atom is -0.495 e. The van der Waals surface area contributed by atoms with Crippen LogP contribution in [-0.4, -0.2) is 220 Å². The fourth-order valence-electron chi connectivity index (χ4n) is 14.1. The Morgan fingerprint density at radius 1 is 0.539 bits per heavy atom. The van der Waals surface area contributed by atoms with Gasteiger partial charge in [-0.2, -0.15) is 18.4 Å². The lowest BCUT2D eigenvalue weighted by Gasteiger charge is -2.43. The number of methoxy groups -OCH3 is 2. The van der Waals surface area contributed by atoms with Gasteiger partial charge in [-0.05, 0) is 233 Å². The minimum absolute atomic E-state index is 0.0666. The number of piperidine rings is 2. The maximum Gasteiger partial charge on any atom is 0.294 e. The van der Waals surface area contributed by atoms with Crippen molar-refractivity contribution >= 4 is 130 Å². The SMILES string of the molecule is CCCCO.CCc1cc(N)c(OC)cc1N1CCC(N2CCN(C)CC2)CC1.CCc1cc(Nc2ncc(Br)c(Nc3ccc(-c4ccc(C)cn4)cc3P(C)(C)=O)n2)c(OC)cc1N1CCC(N2CCN(C)CC2)CC1.Cc1ccc(-c2ccc(Nc3nc(Cl)ncc3Br)c(P(C)(C)=O)c2)nc1.Cc1ccc(S(=O)(=O)O)cc1. The highest BCUT2D eigenvalue weighted by Crippen LogP contribution is 2.44. The highest BCUT2D eigenvalue weighted by molar-refractivity contribution is 9.11. The first-order chi connectivity index (χ1) is 54.8. The summed E-state index contributed by atoms with van der Waals surface area (Å²) in [6, 6.07) is 35.5. The Labute approximate surface area is 703 Å². The average molecular weight is 1780 g/mol. The third-order valence-corrected chi connectivity index (χ3v) is 26.2. The van der Waals surface area contributed by atoms with Crippen LogP contribution in [0.3, 0.4) is 0 Å². The highest BCUT2D eigenvalue weighted by atomic mass is 79.9. The van der Waals surface area contributed by atoms with E-state index in [4.69, 9.17) is 41.5 Å². The Bertz CT molecular complexity index is 4880. The third kappa shape index (κ3) is 26.2. The molecule has 0 radical (unpaired) electrons. The molecular formula is C85H115Br2ClN16O8P2S. The van der Waals surface area contributed by atoms with Gasteiger partial charge in [-0.25, -0.2) is 9.97 Å². The maximum atomic E-state index is 13.5. The number of benzene rings is 5. The monoisotopic (exact) mass is 1770 g/mol. The summed E-state index contributed by atoms with van der Waals surface area (Å²) in [6.45, 7) is 33.5. The molecule has 4 saturated heterocycles. The van der Waals surface area contributed by atoms with E-state index < -0.39 is 24.4 Å². The Balaban J connectivity index is 0.000000192. The summed E-state index contributed by atoms with van der Waals surface area (Å²) in [5.41, 5.74) is 20.8. The molecule has 0 saturated carbocycles. The van der Waals surface area contributed by atoms with Crippen molar-refractivity contribution in [1.82, 2.24) is 49.5 Å². The number of nitrogens with zero attached hydrogens (tertiary/aromatic N) is 12. The number of aryl methyl sites for hydroxylation is 5. The topological polar surface area (TPSA) is 286 Å². The minimum atomic E-state index is -4.02. The number of hydrogen-bond donors (Lipinski definition) is 6. The van der Waals surface area contributed by atoms with E-state index in [9.17, 15) is 17.5 Å². The zero-order valence-corrected chi connectivity index (χ0v) is 75.5. The Morgan fingerprint density at radius 3 is 1.37 bits per heavy atom. The van der Waals surface area contributed by atoms with Gasteiger partial charge < -0.3 is 65.0 Å². The number of pyridine rings is 2. The molecule has 9 aromatic rings. The Morgan fingerprint density at radius 2 is 0.974 bits per heavy atom. The van der Waals surface area contributed by atoms with Crippen LogP contribution < -0.4 is 51.6 Å². The van der Waals surface area contributed by atoms with Crippen LogP contribution in [0.15, 0.2) is 148 Å². The number of aromatic nitrogens is 6. The smallest absolute Gasteiger partial charge is 0.294 e. The second kappa shape index (κ2) is 42.7. The molecule has 13 rings (SSSR count). The predicted molar refractivity (Wildman–Crippen MR) is 482 cm³/mol. The molecule has 0 aliphatic carbocycles. The van der Waals surface area contributed by atoms with Crippen molar-refractivity contribution in [3.63, 3.8) is 0 Å². The molecule has 0 atom stereocenters. The molecule has 0 spiro atoms. The number of anilines is 9. The van der Waals surface area contributed by atoms with Gasteiger partial charge >= 0.3 is 0 Å². The first kappa shape index (κ1) is 91.3. The number of nitrogen functional groups attached to an aromatic ring is 1. The van der Waals surface area contributed by atoms with Gasteiger partial charge in [0.05, 0.1) is 62.2 Å². The number of piperazine rings is 2. The van der Waals surface area contributed by atoms with Gasteiger partial charge in [0.2, 0.25) is 11.2 Å². The van der Waals surface area contributed by atoms with Crippen LogP contribution in [0.5, 0.6) is 11.5 Å². The highest BCUT2D eigenvalue weighted by Gasteiger charge is 2.31. The number of unbranched alkanes of at least 4 members (excludes halogenated alkanes) is 1. The second-order valence-corrected chi connectivity index (χ2v) is 40.1. The van der Waals surface area contributed by atoms with E-state index in [1.165, 1.54) is 99.6 Å². The van der Waals surface area contributed by atoms with Crippen molar-refractivity contribution < 1.29 is 36.7 Å². The van der Waals surface area contributed by atoms with Crippen molar-refractivity contribution in [2.45, 2.75) is 110 Å². The number of aliphatic hydroxyl groups excluding tert-OH is 1.